The lowest BCUT2D eigenvalue weighted by molar-refractivity contribution is -0.384. The Labute approximate surface area is 194 Å². The number of nitrogens with one attached hydrogen (secondary N) is 2. The molecule has 32 heavy (non-hydrogen) atoms. The minimum absolute atomic E-state index is 0.0394. The van der Waals surface area contributed by atoms with Gasteiger partial charge in [-0.25, -0.2) is 4.79 Å². The van der Waals surface area contributed by atoms with Crippen molar-refractivity contribution in [1.29, 1.82) is 0 Å². The van der Waals surface area contributed by atoms with Gasteiger partial charge in [0.05, 0.1) is 26.2 Å². The Morgan fingerprint density at radius 2 is 1.78 bits per heavy atom. The number of amides is 2. The van der Waals surface area contributed by atoms with Crippen LogP contribution in [0.3, 0.4) is 0 Å². The summed E-state index contributed by atoms with van der Waals surface area (Å²) >= 11 is 12.0. The van der Waals surface area contributed by atoms with Crippen LogP contribution in [-0.4, -0.2) is 35.4 Å². The van der Waals surface area contributed by atoms with Crippen molar-refractivity contribution in [2.45, 2.75) is 26.8 Å². The number of nitro groups is 1. The summed E-state index contributed by atoms with van der Waals surface area (Å²) in [5, 5.41) is 16.1. The van der Waals surface area contributed by atoms with Gasteiger partial charge in [0.1, 0.15) is 6.04 Å². The number of carbonyl (C=O) groups is 3. The molecule has 2 aromatic rings. The molecule has 0 heterocycles. The van der Waals surface area contributed by atoms with E-state index in [2.05, 4.69) is 10.6 Å². The van der Waals surface area contributed by atoms with Crippen molar-refractivity contribution in [3.05, 3.63) is 67.7 Å². The van der Waals surface area contributed by atoms with Crippen molar-refractivity contribution >= 4 is 52.4 Å². The maximum atomic E-state index is 12.5. The number of benzene rings is 2. The first kappa shape index (κ1) is 25.1. The lowest BCUT2D eigenvalue weighted by Gasteiger charge is -2.21. The highest BCUT2D eigenvalue weighted by Gasteiger charge is 2.28. The number of nitro benzene ring substituents is 1. The number of hydrogen-bond acceptors (Lipinski definition) is 6. The Bertz CT molecular complexity index is 1060. The molecule has 0 aliphatic carbocycles. The number of hydrogen-bond donors (Lipinski definition) is 2. The largest absolute Gasteiger partial charge is 0.454 e. The predicted molar refractivity (Wildman–Crippen MR) is 120 cm³/mol. The third-order valence-electron chi connectivity index (χ3n) is 4.36. The van der Waals surface area contributed by atoms with Crippen molar-refractivity contribution in [3.8, 4) is 0 Å². The number of halogens is 2. The summed E-state index contributed by atoms with van der Waals surface area (Å²) in [6.45, 7) is 4.62. The zero-order valence-electron chi connectivity index (χ0n) is 17.5. The number of non-ortho nitro benzene ring substituents is 1. The van der Waals surface area contributed by atoms with Crippen LogP contribution in [0.1, 0.15) is 29.8 Å². The molecule has 2 aromatic carbocycles. The molecule has 170 valence electrons. The number of anilines is 1. The fraction of sp³-hybridized carbons (Fsp3) is 0.286. The Morgan fingerprint density at radius 1 is 1.09 bits per heavy atom. The summed E-state index contributed by atoms with van der Waals surface area (Å²) in [6.07, 6.45) is 0. The monoisotopic (exact) mass is 481 g/mol. The van der Waals surface area contributed by atoms with E-state index in [1.807, 2.05) is 6.92 Å². The number of carbonyl (C=O) groups excluding carboxylic acids is 3. The molecule has 0 spiro atoms. The van der Waals surface area contributed by atoms with Crippen molar-refractivity contribution in [1.82, 2.24) is 5.32 Å². The summed E-state index contributed by atoms with van der Waals surface area (Å²) in [5.41, 5.74) is 0.983. The van der Waals surface area contributed by atoms with Gasteiger partial charge in [-0.3, -0.25) is 19.7 Å². The molecule has 2 amide bonds. The summed E-state index contributed by atoms with van der Waals surface area (Å²) in [7, 11) is 0. The maximum Gasteiger partial charge on any atom is 0.329 e. The maximum absolute atomic E-state index is 12.5. The van der Waals surface area contributed by atoms with Crippen LogP contribution in [0, 0.1) is 23.0 Å². The molecule has 0 bridgehead atoms. The Morgan fingerprint density at radius 3 is 2.34 bits per heavy atom. The van der Waals surface area contributed by atoms with E-state index in [-0.39, 0.29) is 22.2 Å². The van der Waals surface area contributed by atoms with E-state index in [4.69, 9.17) is 27.9 Å². The van der Waals surface area contributed by atoms with Gasteiger partial charge in [-0.05, 0) is 36.6 Å². The van der Waals surface area contributed by atoms with Crippen LogP contribution < -0.4 is 10.6 Å². The summed E-state index contributed by atoms with van der Waals surface area (Å²) < 4.78 is 5.05. The highest BCUT2D eigenvalue weighted by molar-refractivity contribution is 6.34. The van der Waals surface area contributed by atoms with E-state index in [0.717, 1.165) is 17.7 Å². The molecule has 9 nitrogen and oxygen atoms in total. The molecule has 2 rings (SSSR count). The Balaban J connectivity index is 2.00. The zero-order valence-corrected chi connectivity index (χ0v) is 19.0. The molecule has 1 unspecified atom stereocenters. The SMILES string of the molecule is Cc1ccc(NC(=O)COC(=O)C(NC(=O)c2ccc([N+](=O)[O-])cc2Cl)C(C)C)c(Cl)c1. The van der Waals surface area contributed by atoms with E-state index >= 15 is 0 Å². The average molecular weight is 482 g/mol. The molecule has 11 heteroatoms. The van der Waals surface area contributed by atoms with Crippen LogP contribution >= 0.6 is 23.2 Å². The first-order valence-corrected chi connectivity index (χ1v) is 10.2. The number of aryl methyl sites for hydroxylation is 1. The molecule has 0 radical (unpaired) electrons. The van der Waals surface area contributed by atoms with Crippen molar-refractivity contribution in [3.63, 3.8) is 0 Å². The molecule has 0 aliphatic heterocycles. The second kappa shape index (κ2) is 10.9. The van der Waals surface area contributed by atoms with Gasteiger partial charge in [0.15, 0.2) is 6.61 Å². The van der Waals surface area contributed by atoms with Crippen LogP contribution in [0.25, 0.3) is 0 Å². The van der Waals surface area contributed by atoms with Gasteiger partial charge < -0.3 is 15.4 Å². The van der Waals surface area contributed by atoms with Gasteiger partial charge in [-0.1, -0.05) is 43.1 Å². The van der Waals surface area contributed by atoms with Gasteiger partial charge in [-0.15, -0.1) is 0 Å². The second-order valence-corrected chi connectivity index (χ2v) is 8.07. The van der Waals surface area contributed by atoms with E-state index in [1.165, 1.54) is 6.07 Å². The van der Waals surface area contributed by atoms with E-state index in [9.17, 15) is 24.5 Å². The molecular weight excluding hydrogens is 461 g/mol. The van der Waals surface area contributed by atoms with Crippen LogP contribution in [-0.2, 0) is 14.3 Å². The molecule has 1 atom stereocenters. The predicted octanol–water partition coefficient (Wildman–Crippen LogP) is 4.15. The average Bonchev–Trinajstić information content (AvgIpc) is 2.71. The fourth-order valence-corrected chi connectivity index (χ4v) is 3.20. The summed E-state index contributed by atoms with van der Waals surface area (Å²) in [6, 6.07) is 7.35. The standard InChI is InChI=1S/C21H21Cl2N3O6/c1-11(2)19(25-20(28)14-6-5-13(26(30)31)9-15(14)22)21(29)32-10-18(27)24-17-7-4-12(3)8-16(17)23/h4-9,11,19H,10H2,1-3H3,(H,24,27)(H,25,28). The first-order chi connectivity index (χ1) is 15.0. The van der Waals surface area contributed by atoms with Crippen LogP contribution in [0.15, 0.2) is 36.4 Å². The van der Waals surface area contributed by atoms with Gasteiger partial charge in [-0.2, -0.15) is 0 Å². The third kappa shape index (κ3) is 6.66. The lowest BCUT2D eigenvalue weighted by atomic mass is 10.0. The summed E-state index contributed by atoms with van der Waals surface area (Å²) in [4.78, 5) is 47.3. The summed E-state index contributed by atoms with van der Waals surface area (Å²) in [5.74, 6) is -2.51. The quantitative estimate of drug-likeness (QED) is 0.331. The minimum Gasteiger partial charge on any atom is -0.454 e. The van der Waals surface area contributed by atoms with E-state index < -0.39 is 35.4 Å². The minimum atomic E-state index is -1.08. The highest BCUT2D eigenvalue weighted by atomic mass is 35.5. The lowest BCUT2D eigenvalue weighted by Crippen LogP contribution is -2.46. The zero-order chi connectivity index (χ0) is 24.0. The molecule has 0 fully saturated rings. The highest BCUT2D eigenvalue weighted by Crippen LogP contribution is 2.23. The van der Waals surface area contributed by atoms with Gasteiger partial charge >= 0.3 is 5.97 Å². The Hall–Kier alpha value is -3.17. The molecular formula is C21H21Cl2N3O6. The normalized spacial score (nSPS) is 11.6. The third-order valence-corrected chi connectivity index (χ3v) is 4.98. The molecule has 0 aliphatic rings. The number of esters is 1. The molecule has 0 saturated carbocycles. The number of ether oxygens (including phenoxy) is 1. The van der Waals surface area contributed by atoms with E-state index in [0.29, 0.717) is 10.7 Å². The number of rotatable bonds is 8. The van der Waals surface area contributed by atoms with Gasteiger partial charge in [0.2, 0.25) is 0 Å². The van der Waals surface area contributed by atoms with Crippen LogP contribution in [0.2, 0.25) is 10.0 Å². The molecule has 0 saturated heterocycles. The van der Waals surface area contributed by atoms with Crippen LogP contribution in [0.4, 0.5) is 11.4 Å². The molecule has 2 N–H and O–H groups in total. The Kier molecular flexibility index (Phi) is 8.56. The smallest absolute Gasteiger partial charge is 0.329 e. The van der Waals surface area contributed by atoms with Crippen molar-refractivity contribution in [2.75, 3.05) is 11.9 Å². The van der Waals surface area contributed by atoms with E-state index in [1.54, 1.807) is 32.0 Å². The first-order valence-electron chi connectivity index (χ1n) is 9.47. The van der Waals surface area contributed by atoms with Gasteiger partial charge in [0.25, 0.3) is 17.5 Å². The van der Waals surface area contributed by atoms with Crippen molar-refractivity contribution in [2.24, 2.45) is 5.92 Å². The second-order valence-electron chi connectivity index (χ2n) is 7.26. The number of nitrogens with zero attached hydrogens (tertiary/aromatic N) is 1. The van der Waals surface area contributed by atoms with Gasteiger partial charge in [0, 0.05) is 12.1 Å². The fourth-order valence-electron chi connectivity index (χ4n) is 2.65. The molecule has 0 aromatic heterocycles. The van der Waals surface area contributed by atoms with Crippen molar-refractivity contribution < 1.29 is 24.0 Å². The van der Waals surface area contributed by atoms with Crippen LogP contribution in [0.5, 0.6) is 0 Å². The topological polar surface area (TPSA) is 128 Å².